The van der Waals surface area contributed by atoms with Crippen molar-refractivity contribution in [3.63, 3.8) is 0 Å². The first kappa shape index (κ1) is 24.6. The van der Waals surface area contributed by atoms with Crippen LogP contribution in [0.1, 0.15) is 30.0 Å². The first-order valence-corrected chi connectivity index (χ1v) is 13.4. The number of nitrogens with zero attached hydrogens (tertiary/aromatic N) is 4. The molecule has 1 amide bonds. The normalized spacial score (nSPS) is 15.7. The summed E-state index contributed by atoms with van der Waals surface area (Å²) in [6.07, 6.45) is 3.70. The van der Waals surface area contributed by atoms with Gasteiger partial charge in [-0.25, -0.2) is 14.4 Å². The van der Waals surface area contributed by atoms with Crippen LogP contribution < -0.4 is 4.90 Å². The number of piperazine rings is 1. The second-order valence-electron chi connectivity index (χ2n) is 9.97. The van der Waals surface area contributed by atoms with Crippen molar-refractivity contribution < 1.29 is 9.18 Å². The summed E-state index contributed by atoms with van der Waals surface area (Å²) in [5, 5.41) is 1.20. The number of rotatable bonds is 5. The average Bonchev–Trinajstić information content (AvgIpc) is 3.78. The highest BCUT2D eigenvalue weighted by Crippen LogP contribution is 2.47. The van der Waals surface area contributed by atoms with Gasteiger partial charge in [-0.1, -0.05) is 54.6 Å². The Morgan fingerprint density at radius 2 is 1.71 bits per heavy atom. The number of anilines is 1. The van der Waals surface area contributed by atoms with Crippen molar-refractivity contribution in [3.8, 4) is 22.4 Å². The van der Waals surface area contributed by atoms with Crippen LogP contribution >= 0.6 is 11.6 Å². The van der Waals surface area contributed by atoms with E-state index in [0.29, 0.717) is 48.4 Å². The molecule has 38 heavy (non-hydrogen) atoms. The number of benzene rings is 2. The Morgan fingerprint density at radius 1 is 1.03 bits per heavy atom. The Morgan fingerprint density at radius 3 is 2.39 bits per heavy atom. The van der Waals surface area contributed by atoms with Crippen LogP contribution in [0.4, 0.5) is 10.2 Å². The van der Waals surface area contributed by atoms with Crippen molar-refractivity contribution in [2.75, 3.05) is 31.1 Å². The summed E-state index contributed by atoms with van der Waals surface area (Å²) >= 11 is 6.79. The van der Waals surface area contributed by atoms with Crippen LogP contribution in [0.3, 0.4) is 0 Å². The lowest BCUT2D eigenvalue weighted by atomic mass is 9.93. The highest BCUT2D eigenvalue weighted by molar-refractivity contribution is 6.34. The van der Waals surface area contributed by atoms with E-state index in [4.69, 9.17) is 21.6 Å². The lowest BCUT2D eigenvalue weighted by Crippen LogP contribution is -2.48. The van der Waals surface area contributed by atoms with Gasteiger partial charge in [0.15, 0.2) is 0 Å². The van der Waals surface area contributed by atoms with Crippen molar-refractivity contribution in [1.29, 1.82) is 0 Å². The Hall–Kier alpha value is -3.77. The molecule has 2 fully saturated rings. The standard InChI is InChI=1S/C31H28ClFN4O/c1-3-27(38)36-14-16-37(17-15-36)31-24-18-25(32)29(23-10-6-7-11-26(23)33)35-30(24)28(19(2)34-31)22-9-5-4-8-21(22)20-12-13-20/h3-11,18,20H,1,12-17H2,2H3. The number of hydrogen-bond acceptors (Lipinski definition) is 4. The minimum absolute atomic E-state index is 0.0649. The first-order chi connectivity index (χ1) is 18.5. The van der Waals surface area contributed by atoms with Crippen LogP contribution in [0, 0.1) is 12.7 Å². The van der Waals surface area contributed by atoms with Gasteiger partial charge < -0.3 is 9.80 Å². The van der Waals surface area contributed by atoms with Crippen LogP contribution in [0.25, 0.3) is 33.3 Å². The maximum absolute atomic E-state index is 14.9. The molecule has 0 N–H and O–H groups in total. The van der Waals surface area contributed by atoms with Crippen LogP contribution in [0.5, 0.6) is 0 Å². The molecular formula is C31H28ClFN4O. The predicted molar refractivity (Wildman–Crippen MR) is 151 cm³/mol. The molecule has 4 aromatic rings. The molecule has 7 heteroatoms. The van der Waals surface area contributed by atoms with Gasteiger partial charge in [0, 0.05) is 48.4 Å². The summed E-state index contributed by atoms with van der Waals surface area (Å²) in [6, 6.07) is 16.9. The summed E-state index contributed by atoms with van der Waals surface area (Å²) in [6.45, 7) is 8.04. The number of hydrogen-bond donors (Lipinski definition) is 0. The van der Waals surface area contributed by atoms with E-state index in [1.165, 1.54) is 30.5 Å². The van der Waals surface area contributed by atoms with Crippen molar-refractivity contribution in [2.24, 2.45) is 0 Å². The number of pyridine rings is 2. The van der Waals surface area contributed by atoms with Gasteiger partial charge in [0.2, 0.25) is 5.91 Å². The van der Waals surface area contributed by atoms with E-state index < -0.39 is 0 Å². The van der Waals surface area contributed by atoms with Gasteiger partial charge in [0.1, 0.15) is 11.6 Å². The number of carbonyl (C=O) groups is 1. The van der Waals surface area contributed by atoms with E-state index in [1.807, 2.05) is 19.1 Å². The van der Waals surface area contributed by atoms with Crippen LogP contribution in [0.15, 0.2) is 67.3 Å². The fraction of sp³-hybridized carbons (Fsp3) is 0.258. The van der Waals surface area contributed by atoms with E-state index in [9.17, 15) is 9.18 Å². The Kier molecular flexibility index (Phi) is 6.36. The molecule has 1 aliphatic carbocycles. The monoisotopic (exact) mass is 526 g/mol. The van der Waals surface area contributed by atoms with Crippen molar-refractivity contribution in [3.05, 3.63) is 89.3 Å². The van der Waals surface area contributed by atoms with Gasteiger partial charge in [-0.05, 0) is 61.1 Å². The molecule has 2 aromatic carbocycles. The maximum atomic E-state index is 14.9. The van der Waals surface area contributed by atoms with Gasteiger partial charge in [0.05, 0.1) is 16.2 Å². The zero-order valence-corrected chi connectivity index (χ0v) is 22.0. The summed E-state index contributed by atoms with van der Waals surface area (Å²) < 4.78 is 14.9. The van der Waals surface area contributed by atoms with E-state index in [1.54, 1.807) is 23.1 Å². The molecule has 6 rings (SSSR count). The molecule has 0 spiro atoms. The minimum atomic E-state index is -0.366. The largest absolute Gasteiger partial charge is 0.352 e. The smallest absolute Gasteiger partial charge is 0.246 e. The van der Waals surface area contributed by atoms with E-state index >= 15 is 0 Å². The minimum Gasteiger partial charge on any atom is -0.352 e. The van der Waals surface area contributed by atoms with E-state index in [2.05, 4.69) is 29.7 Å². The number of carbonyl (C=O) groups excluding carboxylic acids is 1. The van der Waals surface area contributed by atoms with Crippen LogP contribution in [0.2, 0.25) is 5.02 Å². The first-order valence-electron chi connectivity index (χ1n) is 13.0. The Balaban J connectivity index is 1.56. The molecule has 1 saturated heterocycles. The summed E-state index contributed by atoms with van der Waals surface area (Å²) in [4.78, 5) is 26.3. The fourth-order valence-electron chi connectivity index (χ4n) is 5.44. The average molecular weight is 527 g/mol. The van der Waals surface area contributed by atoms with Crippen molar-refractivity contribution in [1.82, 2.24) is 14.9 Å². The highest BCUT2D eigenvalue weighted by Gasteiger charge is 2.29. The number of fused-ring (bicyclic) bond motifs is 1. The molecule has 5 nitrogen and oxygen atoms in total. The number of aromatic nitrogens is 2. The van der Waals surface area contributed by atoms with Gasteiger partial charge in [-0.2, -0.15) is 0 Å². The van der Waals surface area contributed by atoms with Gasteiger partial charge in [-0.3, -0.25) is 4.79 Å². The van der Waals surface area contributed by atoms with E-state index in [0.717, 1.165) is 33.5 Å². The molecule has 1 aliphatic heterocycles. The third-order valence-corrected chi connectivity index (χ3v) is 7.82. The lowest BCUT2D eigenvalue weighted by Gasteiger charge is -2.35. The molecule has 0 bridgehead atoms. The van der Waals surface area contributed by atoms with Gasteiger partial charge in [-0.15, -0.1) is 0 Å². The summed E-state index contributed by atoms with van der Waals surface area (Å²) in [7, 11) is 0. The second-order valence-corrected chi connectivity index (χ2v) is 10.4. The number of halogens is 2. The second kappa shape index (κ2) is 9.84. The highest BCUT2D eigenvalue weighted by atomic mass is 35.5. The molecular weight excluding hydrogens is 499 g/mol. The zero-order valence-electron chi connectivity index (χ0n) is 21.3. The third-order valence-electron chi connectivity index (χ3n) is 7.53. The maximum Gasteiger partial charge on any atom is 0.246 e. The Bertz CT molecular complexity index is 1570. The Labute approximate surface area is 226 Å². The fourth-order valence-corrected chi connectivity index (χ4v) is 5.70. The third kappa shape index (κ3) is 4.33. The van der Waals surface area contributed by atoms with Crippen LogP contribution in [-0.2, 0) is 4.79 Å². The van der Waals surface area contributed by atoms with Crippen molar-refractivity contribution >= 4 is 34.2 Å². The quantitative estimate of drug-likeness (QED) is 0.269. The predicted octanol–water partition coefficient (Wildman–Crippen LogP) is 6.78. The molecule has 0 atom stereocenters. The topological polar surface area (TPSA) is 49.3 Å². The molecule has 192 valence electrons. The molecule has 0 radical (unpaired) electrons. The molecule has 0 unspecified atom stereocenters. The van der Waals surface area contributed by atoms with E-state index in [-0.39, 0.29) is 11.7 Å². The molecule has 3 heterocycles. The summed E-state index contributed by atoms with van der Waals surface area (Å²) in [5.41, 5.74) is 5.78. The van der Waals surface area contributed by atoms with Crippen LogP contribution in [-0.4, -0.2) is 47.0 Å². The zero-order chi connectivity index (χ0) is 26.4. The number of amides is 1. The molecule has 2 aromatic heterocycles. The SMILES string of the molecule is C=CC(=O)N1CCN(c2nc(C)c(-c3ccccc3C3CC3)c3nc(-c4ccccc4F)c(Cl)cc23)CC1. The summed E-state index contributed by atoms with van der Waals surface area (Å²) in [5.74, 6) is 0.889. The lowest BCUT2D eigenvalue weighted by molar-refractivity contribution is -0.126. The number of aryl methyl sites for hydroxylation is 1. The molecule has 1 saturated carbocycles. The van der Waals surface area contributed by atoms with Gasteiger partial charge in [0.25, 0.3) is 0 Å². The van der Waals surface area contributed by atoms with Gasteiger partial charge >= 0.3 is 0 Å². The molecule has 2 aliphatic rings. The van der Waals surface area contributed by atoms with Crippen molar-refractivity contribution in [2.45, 2.75) is 25.7 Å².